The van der Waals surface area contributed by atoms with Gasteiger partial charge in [0.25, 0.3) is 0 Å². The van der Waals surface area contributed by atoms with E-state index in [1.165, 1.54) is 5.56 Å². The van der Waals surface area contributed by atoms with Crippen molar-refractivity contribution in [3.63, 3.8) is 0 Å². The van der Waals surface area contributed by atoms with Crippen LogP contribution in [0.25, 0.3) is 0 Å². The largest absolute Gasteiger partial charge is 0.472 e. The summed E-state index contributed by atoms with van der Waals surface area (Å²) in [5.41, 5.74) is 1.30. The van der Waals surface area contributed by atoms with Gasteiger partial charge >= 0.3 is 0 Å². The molecule has 0 aliphatic rings. The van der Waals surface area contributed by atoms with Gasteiger partial charge in [0.2, 0.25) is 0 Å². The van der Waals surface area contributed by atoms with E-state index < -0.39 is 0 Å². The lowest BCUT2D eigenvalue weighted by Gasteiger charge is -2.26. The lowest BCUT2D eigenvalue weighted by atomic mass is 9.84. The van der Waals surface area contributed by atoms with Gasteiger partial charge in [-0.15, -0.1) is 0 Å². The summed E-state index contributed by atoms with van der Waals surface area (Å²) in [6.45, 7) is 6.79. The van der Waals surface area contributed by atoms with E-state index in [2.05, 4.69) is 32.2 Å². The van der Waals surface area contributed by atoms with Crippen LogP contribution in [0.4, 0.5) is 0 Å². The number of rotatable bonds is 5. The summed E-state index contributed by atoms with van der Waals surface area (Å²) in [6, 6.07) is 2.60. The van der Waals surface area contributed by atoms with Gasteiger partial charge in [0.1, 0.15) is 0 Å². The third kappa shape index (κ3) is 2.88. The maximum absolute atomic E-state index is 5.09. The van der Waals surface area contributed by atoms with Crippen molar-refractivity contribution in [3.8, 4) is 0 Å². The first-order chi connectivity index (χ1) is 6.65. The van der Waals surface area contributed by atoms with Crippen molar-refractivity contribution in [2.75, 3.05) is 7.05 Å². The maximum Gasteiger partial charge on any atom is 0.0934 e. The Morgan fingerprint density at radius 2 is 2.07 bits per heavy atom. The Hall–Kier alpha value is -0.760. The molecule has 0 aromatic carbocycles. The lowest BCUT2D eigenvalue weighted by Crippen LogP contribution is -2.34. The van der Waals surface area contributed by atoms with Crippen molar-refractivity contribution in [1.82, 2.24) is 5.32 Å². The van der Waals surface area contributed by atoms with Crippen LogP contribution in [0.3, 0.4) is 0 Å². The predicted molar refractivity (Wildman–Crippen MR) is 59.3 cm³/mol. The molecule has 1 aromatic rings. The van der Waals surface area contributed by atoms with E-state index in [9.17, 15) is 0 Å². The predicted octanol–water partition coefficient (Wildman–Crippen LogP) is 2.70. The zero-order chi connectivity index (χ0) is 10.6. The Labute approximate surface area is 86.7 Å². The number of hydrogen-bond acceptors (Lipinski definition) is 2. The molecule has 0 bridgehead atoms. The molecule has 2 nitrogen and oxygen atoms in total. The SMILES string of the molecule is CNC(C)C(Cc1ccoc1)C(C)C. The first-order valence-corrected chi connectivity index (χ1v) is 5.33. The summed E-state index contributed by atoms with van der Waals surface area (Å²) < 4.78 is 5.09. The Morgan fingerprint density at radius 3 is 2.50 bits per heavy atom. The van der Waals surface area contributed by atoms with Crippen molar-refractivity contribution in [2.45, 2.75) is 33.2 Å². The summed E-state index contributed by atoms with van der Waals surface area (Å²) in [4.78, 5) is 0. The van der Waals surface area contributed by atoms with Crippen LogP contribution in [0.5, 0.6) is 0 Å². The molecule has 1 aromatic heterocycles. The average Bonchev–Trinajstić information content (AvgIpc) is 2.65. The lowest BCUT2D eigenvalue weighted by molar-refractivity contribution is 0.299. The molecular formula is C12H21NO. The molecule has 2 atom stereocenters. The molecule has 2 heteroatoms. The Kier molecular flexibility index (Phi) is 4.21. The molecule has 0 radical (unpaired) electrons. The fraction of sp³-hybridized carbons (Fsp3) is 0.667. The van der Waals surface area contributed by atoms with Crippen molar-refractivity contribution >= 4 is 0 Å². The van der Waals surface area contributed by atoms with Gasteiger partial charge in [-0.3, -0.25) is 0 Å². The highest BCUT2D eigenvalue weighted by Crippen LogP contribution is 2.20. The van der Waals surface area contributed by atoms with E-state index in [1.807, 2.05) is 13.3 Å². The van der Waals surface area contributed by atoms with Crippen molar-refractivity contribution in [1.29, 1.82) is 0 Å². The van der Waals surface area contributed by atoms with E-state index >= 15 is 0 Å². The van der Waals surface area contributed by atoms with Gasteiger partial charge in [0, 0.05) is 6.04 Å². The molecule has 0 fully saturated rings. The second-order valence-electron chi connectivity index (χ2n) is 4.32. The molecule has 0 saturated carbocycles. The van der Waals surface area contributed by atoms with Gasteiger partial charge in [0.15, 0.2) is 0 Å². The highest BCUT2D eigenvalue weighted by Gasteiger charge is 2.20. The molecule has 14 heavy (non-hydrogen) atoms. The van der Waals surface area contributed by atoms with E-state index in [0.717, 1.165) is 6.42 Å². The third-order valence-corrected chi connectivity index (χ3v) is 3.01. The van der Waals surface area contributed by atoms with Crippen LogP contribution in [0.1, 0.15) is 26.3 Å². The zero-order valence-electron chi connectivity index (χ0n) is 9.58. The third-order valence-electron chi connectivity index (χ3n) is 3.01. The molecule has 0 spiro atoms. The maximum atomic E-state index is 5.09. The van der Waals surface area contributed by atoms with Crippen LogP contribution in [-0.4, -0.2) is 13.1 Å². The summed E-state index contributed by atoms with van der Waals surface area (Å²) >= 11 is 0. The Balaban J connectivity index is 2.60. The average molecular weight is 195 g/mol. The minimum atomic E-state index is 0.546. The minimum Gasteiger partial charge on any atom is -0.472 e. The van der Waals surface area contributed by atoms with Crippen molar-refractivity contribution in [3.05, 3.63) is 24.2 Å². The second-order valence-corrected chi connectivity index (χ2v) is 4.32. The van der Waals surface area contributed by atoms with Gasteiger partial charge < -0.3 is 9.73 Å². The van der Waals surface area contributed by atoms with Crippen LogP contribution in [-0.2, 0) is 6.42 Å². The first kappa shape index (κ1) is 11.3. The van der Waals surface area contributed by atoms with Crippen LogP contribution in [0.15, 0.2) is 23.0 Å². The molecule has 0 saturated heterocycles. The van der Waals surface area contributed by atoms with E-state index in [1.54, 1.807) is 6.26 Å². The molecule has 1 heterocycles. The van der Waals surface area contributed by atoms with E-state index in [0.29, 0.717) is 17.9 Å². The minimum absolute atomic E-state index is 0.546. The molecule has 1 rings (SSSR count). The molecule has 0 aliphatic heterocycles. The van der Waals surface area contributed by atoms with E-state index in [4.69, 9.17) is 4.42 Å². The summed E-state index contributed by atoms with van der Waals surface area (Å²) in [6.07, 6.45) is 4.69. The Morgan fingerprint density at radius 1 is 1.36 bits per heavy atom. The second kappa shape index (κ2) is 5.20. The fourth-order valence-electron chi connectivity index (χ4n) is 1.88. The molecule has 2 unspecified atom stereocenters. The monoisotopic (exact) mass is 195 g/mol. The van der Waals surface area contributed by atoms with Gasteiger partial charge in [0.05, 0.1) is 12.5 Å². The zero-order valence-corrected chi connectivity index (χ0v) is 9.58. The number of furan rings is 1. The molecule has 1 N–H and O–H groups in total. The summed E-state index contributed by atoms with van der Waals surface area (Å²) in [5, 5.41) is 3.33. The van der Waals surface area contributed by atoms with Gasteiger partial charge in [-0.2, -0.15) is 0 Å². The number of hydrogen-bond donors (Lipinski definition) is 1. The van der Waals surface area contributed by atoms with Crippen molar-refractivity contribution < 1.29 is 4.42 Å². The highest BCUT2D eigenvalue weighted by atomic mass is 16.3. The fourth-order valence-corrected chi connectivity index (χ4v) is 1.88. The quantitative estimate of drug-likeness (QED) is 0.781. The Bertz CT molecular complexity index is 241. The van der Waals surface area contributed by atoms with Gasteiger partial charge in [-0.1, -0.05) is 13.8 Å². The summed E-state index contributed by atoms with van der Waals surface area (Å²) in [7, 11) is 2.02. The standard InChI is InChI=1S/C12H21NO/c1-9(2)12(10(3)13-4)7-11-5-6-14-8-11/h5-6,8-10,12-13H,7H2,1-4H3. The number of nitrogens with one attached hydrogen (secondary N) is 1. The summed E-state index contributed by atoms with van der Waals surface area (Å²) in [5.74, 6) is 1.35. The van der Waals surface area contributed by atoms with Crippen molar-refractivity contribution in [2.24, 2.45) is 11.8 Å². The van der Waals surface area contributed by atoms with Gasteiger partial charge in [-0.05, 0) is 43.9 Å². The van der Waals surface area contributed by atoms with E-state index in [-0.39, 0.29) is 0 Å². The molecular weight excluding hydrogens is 174 g/mol. The molecule has 80 valence electrons. The van der Waals surface area contributed by atoms with Crippen LogP contribution in [0, 0.1) is 11.8 Å². The van der Waals surface area contributed by atoms with Gasteiger partial charge in [-0.25, -0.2) is 0 Å². The highest BCUT2D eigenvalue weighted by molar-refractivity contribution is 5.07. The smallest absolute Gasteiger partial charge is 0.0934 e. The normalized spacial score (nSPS) is 15.8. The first-order valence-electron chi connectivity index (χ1n) is 5.33. The van der Waals surface area contributed by atoms with Crippen LogP contribution < -0.4 is 5.32 Å². The van der Waals surface area contributed by atoms with Crippen LogP contribution in [0.2, 0.25) is 0 Å². The topological polar surface area (TPSA) is 25.2 Å². The molecule has 0 aliphatic carbocycles. The van der Waals surface area contributed by atoms with Crippen LogP contribution >= 0.6 is 0 Å². The molecule has 0 amide bonds.